The molecule has 96 valence electrons. The Balaban J connectivity index is 3.06. The number of aryl methyl sites for hydroxylation is 1. The molecule has 0 fully saturated rings. The molecule has 0 bridgehead atoms. The Labute approximate surface area is 107 Å². The van der Waals surface area contributed by atoms with Gasteiger partial charge in [0.25, 0.3) is 0 Å². The Morgan fingerprint density at radius 3 is 2.65 bits per heavy atom. The van der Waals surface area contributed by atoms with Crippen LogP contribution in [0, 0.1) is 5.92 Å². The van der Waals surface area contributed by atoms with Crippen molar-refractivity contribution < 1.29 is 9.90 Å². The van der Waals surface area contributed by atoms with Gasteiger partial charge in [0, 0.05) is 6.54 Å². The van der Waals surface area contributed by atoms with E-state index in [0.717, 1.165) is 12.8 Å². The standard InChI is InChI=1S/C12H19ClN2O2/c1-4-5-6-15-11(13)10(12(16)17)9(14-15)7-8(2)3/h8H,4-7H2,1-3H3,(H,16,17). The van der Waals surface area contributed by atoms with Gasteiger partial charge in [0.15, 0.2) is 0 Å². The normalized spacial score (nSPS) is 11.1. The maximum Gasteiger partial charge on any atom is 0.340 e. The molecule has 0 saturated heterocycles. The molecule has 0 saturated carbocycles. The highest BCUT2D eigenvalue weighted by molar-refractivity contribution is 6.32. The van der Waals surface area contributed by atoms with Crippen molar-refractivity contribution in [3.63, 3.8) is 0 Å². The Kier molecular flexibility index (Phi) is 5.00. The highest BCUT2D eigenvalue weighted by atomic mass is 35.5. The van der Waals surface area contributed by atoms with Crippen molar-refractivity contribution in [1.29, 1.82) is 0 Å². The lowest BCUT2D eigenvalue weighted by Crippen LogP contribution is -2.04. The molecule has 1 N–H and O–H groups in total. The topological polar surface area (TPSA) is 55.1 Å². The second kappa shape index (κ2) is 6.05. The van der Waals surface area contributed by atoms with Crippen molar-refractivity contribution in [2.75, 3.05) is 0 Å². The van der Waals surface area contributed by atoms with Crippen LogP contribution in [-0.4, -0.2) is 20.9 Å². The largest absolute Gasteiger partial charge is 0.478 e. The van der Waals surface area contributed by atoms with Gasteiger partial charge in [-0.3, -0.25) is 4.68 Å². The first-order chi connectivity index (χ1) is 7.97. The molecule has 0 aliphatic carbocycles. The van der Waals surface area contributed by atoms with Crippen molar-refractivity contribution in [2.45, 2.75) is 46.6 Å². The maximum absolute atomic E-state index is 11.2. The Morgan fingerprint density at radius 1 is 1.53 bits per heavy atom. The fraction of sp³-hybridized carbons (Fsp3) is 0.667. The molecule has 17 heavy (non-hydrogen) atoms. The second-order valence-electron chi connectivity index (χ2n) is 4.59. The van der Waals surface area contributed by atoms with Gasteiger partial charge in [-0.25, -0.2) is 4.79 Å². The molecule has 0 amide bonds. The minimum Gasteiger partial charge on any atom is -0.478 e. The van der Waals surface area contributed by atoms with Crippen molar-refractivity contribution in [1.82, 2.24) is 9.78 Å². The van der Waals surface area contributed by atoms with Crippen LogP contribution in [-0.2, 0) is 13.0 Å². The molecule has 0 aromatic carbocycles. The van der Waals surface area contributed by atoms with Crippen molar-refractivity contribution in [3.05, 3.63) is 16.4 Å². The zero-order valence-corrected chi connectivity index (χ0v) is 11.3. The van der Waals surface area contributed by atoms with Crippen molar-refractivity contribution in [3.8, 4) is 0 Å². The smallest absolute Gasteiger partial charge is 0.340 e. The summed E-state index contributed by atoms with van der Waals surface area (Å²) in [6.45, 7) is 6.81. The molecule has 0 aliphatic rings. The minimum absolute atomic E-state index is 0.163. The van der Waals surface area contributed by atoms with Gasteiger partial charge in [-0.1, -0.05) is 38.8 Å². The van der Waals surface area contributed by atoms with Gasteiger partial charge in [0.1, 0.15) is 10.7 Å². The molecule has 0 unspecified atom stereocenters. The molecular weight excluding hydrogens is 240 g/mol. The number of rotatable bonds is 6. The average molecular weight is 259 g/mol. The van der Waals surface area contributed by atoms with Crippen molar-refractivity contribution >= 4 is 17.6 Å². The molecule has 5 heteroatoms. The Morgan fingerprint density at radius 2 is 2.18 bits per heavy atom. The molecule has 1 heterocycles. The molecule has 0 aliphatic heterocycles. The van der Waals surface area contributed by atoms with E-state index >= 15 is 0 Å². The van der Waals surface area contributed by atoms with Gasteiger partial charge >= 0.3 is 5.97 Å². The first kappa shape index (κ1) is 14.0. The number of aromatic nitrogens is 2. The average Bonchev–Trinajstić information content (AvgIpc) is 2.51. The van der Waals surface area contributed by atoms with Crippen LogP contribution in [0.3, 0.4) is 0 Å². The summed E-state index contributed by atoms with van der Waals surface area (Å²) in [5.74, 6) is -0.632. The minimum atomic E-state index is -0.992. The fourth-order valence-electron chi connectivity index (χ4n) is 1.69. The maximum atomic E-state index is 11.2. The van der Waals surface area contributed by atoms with Crippen LogP contribution in [0.1, 0.15) is 49.7 Å². The monoisotopic (exact) mass is 258 g/mol. The lowest BCUT2D eigenvalue weighted by atomic mass is 10.1. The summed E-state index contributed by atoms with van der Waals surface area (Å²) in [6.07, 6.45) is 2.61. The molecule has 1 aromatic heterocycles. The third kappa shape index (κ3) is 3.46. The molecular formula is C12H19ClN2O2. The number of carboxylic acids is 1. The molecule has 0 atom stereocenters. The Hall–Kier alpha value is -1.03. The summed E-state index contributed by atoms with van der Waals surface area (Å²) >= 11 is 6.06. The van der Waals surface area contributed by atoms with E-state index < -0.39 is 5.97 Å². The van der Waals surface area contributed by atoms with Crippen LogP contribution < -0.4 is 0 Å². The number of unbranched alkanes of at least 4 members (excludes halogenated alkanes) is 1. The van der Waals surface area contributed by atoms with Crippen LogP contribution in [0.2, 0.25) is 5.15 Å². The molecule has 0 spiro atoms. The number of hydrogen-bond donors (Lipinski definition) is 1. The lowest BCUT2D eigenvalue weighted by Gasteiger charge is -2.01. The first-order valence-corrected chi connectivity index (χ1v) is 6.33. The van der Waals surface area contributed by atoms with Crippen LogP contribution >= 0.6 is 11.6 Å². The summed E-state index contributed by atoms with van der Waals surface area (Å²) in [6, 6.07) is 0. The van der Waals surface area contributed by atoms with E-state index in [9.17, 15) is 4.79 Å². The van der Waals surface area contributed by atoms with E-state index in [1.165, 1.54) is 0 Å². The van der Waals surface area contributed by atoms with Gasteiger partial charge in [-0.2, -0.15) is 5.10 Å². The van der Waals surface area contributed by atoms with E-state index in [-0.39, 0.29) is 10.7 Å². The molecule has 1 aromatic rings. The zero-order valence-electron chi connectivity index (χ0n) is 10.5. The van der Waals surface area contributed by atoms with Crippen molar-refractivity contribution in [2.24, 2.45) is 5.92 Å². The molecule has 4 nitrogen and oxygen atoms in total. The number of halogens is 1. The third-order valence-electron chi connectivity index (χ3n) is 2.50. The van der Waals surface area contributed by atoms with Crippen LogP contribution in [0.4, 0.5) is 0 Å². The summed E-state index contributed by atoms with van der Waals surface area (Å²) in [7, 11) is 0. The third-order valence-corrected chi connectivity index (χ3v) is 2.89. The quantitative estimate of drug-likeness (QED) is 0.852. The van der Waals surface area contributed by atoms with E-state index in [0.29, 0.717) is 24.6 Å². The van der Waals surface area contributed by atoms with Gasteiger partial charge in [0.2, 0.25) is 0 Å². The predicted molar refractivity (Wildman–Crippen MR) is 67.6 cm³/mol. The number of carboxylic acid groups (broad SMARTS) is 1. The van der Waals surface area contributed by atoms with Gasteiger partial charge in [-0.15, -0.1) is 0 Å². The second-order valence-corrected chi connectivity index (χ2v) is 4.95. The van der Waals surface area contributed by atoms with Gasteiger partial charge < -0.3 is 5.11 Å². The SMILES string of the molecule is CCCCn1nc(CC(C)C)c(C(=O)O)c1Cl. The zero-order chi connectivity index (χ0) is 13.0. The first-order valence-electron chi connectivity index (χ1n) is 5.95. The summed E-state index contributed by atoms with van der Waals surface area (Å²) < 4.78 is 1.60. The van der Waals surface area contributed by atoms with Crippen LogP contribution in [0.5, 0.6) is 0 Å². The highest BCUT2D eigenvalue weighted by Gasteiger charge is 2.22. The van der Waals surface area contributed by atoms with E-state index in [1.807, 2.05) is 13.8 Å². The van der Waals surface area contributed by atoms with Gasteiger partial charge in [-0.05, 0) is 18.8 Å². The molecule has 1 rings (SSSR count). The summed E-state index contributed by atoms with van der Waals surface area (Å²) in [4.78, 5) is 11.2. The van der Waals surface area contributed by atoms with Crippen LogP contribution in [0.25, 0.3) is 0 Å². The highest BCUT2D eigenvalue weighted by Crippen LogP contribution is 2.23. The summed E-state index contributed by atoms with van der Waals surface area (Å²) in [5.41, 5.74) is 0.755. The Bertz CT molecular complexity index is 399. The number of carbonyl (C=O) groups is 1. The number of aromatic carboxylic acids is 1. The number of nitrogens with zero attached hydrogens (tertiary/aromatic N) is 2. The van der Waals surface area contributed by atoms with E-state index in [2.05, 4.69) is 12.0 Å². The van der Waals surface area contributed by atoms with Gasteiger partial charge in [0.05, 0.1) is 5.69 Å². The lowest BCUT2D eigenvalue weighted by molar-refractivity contribution is 0.0695. The predicted octanol–water partition coefficient (Wildman–Crippen LogP) is 3.23. The molecule has 0 radical (unpaired) electrons. The fourth-order valence-corrected chi connectivity index (χ4v) is 2.00. The summed E-state index contributed by atoms with van der Waals surface area (Å²) in [5, 5.41) is 13.7. The van der Waals surface area contributed by atoms with E-state index in [4.69, 9.17) is 16.7 Å². The van der Waals surface area contributed by atoms with E-state index in [1.54, 1.807) is 4.68 Å². The van der Waals surface area contributed by atoms with Crippen LogP contribution in [0.15, 0.2) is 0 Å². The number of hydrogen-bond acceptors (Lipinski definition) is 2.